The van der Waals surface area contributed by atoms with E-state index in [1.54, 1.807) is 0 Å². The summed E-state index contributed by atoms with van der Waals surface area (Å²) in [6.45, 7) is 0.616. The summed E-state index contributed by atoms with van der Waals surface area (Å²) in [5, 5.41) is 2.90. The predicted octanol–water partition coefficient (Wildman–Crippen LogP) is 4.09. The van der Waals surface area contributed by atoms with Crippen molar-refractivity contribution in [1.82, 2.24) is 5.32 Å². The van der Waals surface area contributed by atoms with Crippen molar-refractivity contribution in [3.05, 3.63) is 90.5 Å². The second kappa shape index (κ2) is 8.69. The minimum Gasteiger partial charge on any atom is -0.483 e. The molecule has 0 fully saturated rings. The lowest BCUT2D eigenvalue weighted by atomic mass is 10.1. The fourth-order valence-electron chi connectivity index (χ4n) is 2.63. The van der Waals surface area contributed by atoms with Crippen molar-refractivity contribution in [2.75, 3.05) is 13.2 Å². The van der Waals surface area contributed by atoms with Crippen LogP contribution in [0.1, 0.15) is 5.56 Å². The molecule has 1 amide bonds. The van der Waals surface area contributed by atoms with Gasteiger partial charge in [0.2, 0.25) is 0 Å². The maximum absolute atomic E-state index is 12.0. The van der Waals surface area contributed by atoms with E-state index in [1.165, 1.54) is 5.56 Å². The summed E-state index contributed by atoms with van der Waals surface area (Å²) in [5.41, 5.74) is 3.26. The molecule has 0 radical (unpaired) electrons. The van der Waals surface area contributed by atoms with Gasteiger partial charge in [-0.2, -0.15) is 0 Å². The molecule has 0 heterocycles. The molecule has 0 aliphatic carbocycles. The van der Waals surface area contributed by atoms with E-state index in [9.17, 15) is 4.79 Å². The Morgan fingerprint density at radius 2 is 1.44 bits per heavy atom. The van der Waals surface area contributed by atoms with E-state index in [4.69, 9.17) is 4.74 Å². The third-order valence-electron chi connectivity index (χ3n) is 3.91. The maximum Gasteiger partial charge on any atom is 0.257 e. The van der Waals surface area contributed by atoms with Gasteiger partial charge in [0.15, 0.2) is 6.61 Å². The van der Waals surface area contributed by atoms with Crippen molar-refractivity contribution in [2.45, 2.75) is 6.42 Å². The van der Waals surface area contributed by atoms with Crippen LogP contribution < -0.4 is 10.1 Å². The predicted molar refractivity (Wildman–Crippen MR) is 101 cm³/mol. The largest absolute Gasteiger partial charge is 0.483 e. The van der Waals surface area contributed by atoms with Crippen molar-refractivity contribution >= 4 is 5.91 Å². The van der Waals surface area contributed by atoms with Gasteiger partial charge in [-0.15, -0.1) is 0 Å². The Labute approximate surface area is 148 Å². The first-order chi connectivity index (χ1) is 12.3. The van der Waals surface area contributed by atoms with E-state index in [-0.39, 0.29) is 12.5 Å². The molecule has 0 spiro atoms. The first-order valence-corrected chi connectivity index (χ1v) is 8.41. The summed E-state index contributed by atoms with van der Waals surface area (Å²) in [6.07, 6.45) is 0.813. The molecule has 0 unspecified atom stereocenters. The number of carbonyl (C=O) groups excluding carboxylic acids is 1. The highest BCUT2D eigenvalue weighted by Crippen LogP contribution is 2.29. The van der Waals surface area contributed by atoms with E-state index < -0.39 is 0 Å². The summed E-state index contributed by atoms with van der Waals surface area (Å²) >= 11 is 0. The molecule has 1 N–H and O–H groups in total. The summed E-state index contributed by atoms with van der Waals surface area (Å²) in [7, 11) is 0. The lowest BCUT2D eigenvalue weighted by Gasteiger charge is -2.12. The third kappa shape index (κ3) is 4.95. The molecule has 0 aromatic heterocycles. The lowest BCUT2D eigenvalue weighted by Crippen LogP contribution is -2.30. The highest BCUT2D eigenvalue weighted by atomic mass is 16.5. The molecule has 0 aliphatic rings. The third-order valence-corrected chi connectivity index (χ3v) is 3.91. The topological polar surface area (TPSA) is 38.3 Å². The van der Waals surface area contributed by atoms with Gasteiger partial charge in [-0.25, -0.2) is 0 Å². The van der Waals surface area contributed by atoms with E-state index in [0.29, 0.717) is 12.3 Å². The summed E-state index contributed by atoms with van der Waals surface area (Å²) < 4.78 is 5.74. The van der Waals surface area contributed by atoms with Crippen LogP contribution in [0.25, 0.3) is 11.1 Å². The van der Waals surface area contributed by atoms with Crippen LogP contribution in [0.4, 0.5) is 0 Å². The van der Waals surface area contributed by atoms with Gasteiger partial charge < -0.3 is 10.1 Å². The van der Waals surface area contributed by atoms with E-state index in [0.717, 1.165) is 17.5 Å². The molecule has 3 nitrogen and oxygen atoms in total. The number of carbonyl (C=O) groups is 1. The first-order valence-electron chi connectivity index (χ1n) is 8.41. The van der Waals surface area contributed by atoms with Crippen LogP contribution in [0.15, 0.2) is 84.9 Å². The highest BCUT2D eigenvalue weighted by molar-refractivity contribution is 5.78. The first kappa shape index (κ1) is 16.8. The normalized spacial score (nSPS) is 10.2. The van der Waals surface area contributed by atoms with E-state index in [2.05, 4.69) is 17.4 Å². The summed E-state index contributed by atoms with van der Waals surface area (Å²) in [5.74, 6) is 0.603. The van der Waals surface area contributed by atoms with Crippen LogP contribution in [0, 0.1) is 0 Å². The van der Waals surface area contributed by atoms with Crippen LogP contribution in [0.2, 0.25) is 0 Å². The standard InChI is InChI=1S/C22H21NO2/c24-22(23-16-15-18-9-3-1-4-10-18)17-25-21-14-8-7-13-20(21)19-11-5-2-6-12-19/h1-14H,15-17H2,(H,23,24). The number of rotatable bonds is 7. The molecule has 0 aliphatic heterocycles. The van der Waals surface area contributed by atoms with Gasteiger partial charge in [-0.1, -0.05) is 78.9 Å². The zero-order valence-corrected chi connectivity index (χ0v) is 14.0. The van der Waals surface area contributed by atoms with Gasteiger partial charge in [0, 0.05) is 12.1 Å². The smallest absolute Gasteiger partial charge is 0.257 e. The Hall–Kier alpha value is -3.07. The number of ether oxygens (including phenoxy) is 1. The van der Waals surface area contributed by atoms with Crippen LogP contribution in [-0.4, -0.2) is 19.1 Å². The van der Waals surface area contributed by atoms with Gasteiger partial charge in [0.05, 0.1) is 0 Å². The molecule has 3 aromatic carbocycles. The minimum absolute atomic E-state index is 0.0125. The molecule has 25 heavy (non-hydrogen) atoms. The molecule has 3 heteroatoms. The van der Waals surface area contributed by atoms with Crippen LogP contribution >= 0.6 is 0 Å². The number of amides is 1. The van der Waals surface area contributed by atoms with Crippen LogP contribution in [-0.2, 0) is 11.2 Å². The second-order valence-electron chi connectivity index (χ2n) is 5.74. The Balaban J connectivity index is 1.52. The van der Waals surface area contributed by atoms with Gasteiger partial charge in [-0.05, 0) is 23.6 Å². The average molecular weight is 331 g/mol. The Bertz CT molecular complexity index is 801. The molecular formula is C22H21NO2. The van der Waals surface area contributed by atoms with Crippen molar-refractivity contribution in [3.63, 3.8) is 0 Å². The number of benzene rings is 3. The monoisotopic (exact) mass is 331 g/mol. The number of para-hydroxylation sites is 1. The van der Waals surface area contributed by atoms with E-state index in [1.807, 2.05) is 72.8 Å². The highest BCUT2D eigenvalue weighted by Gasteiger charge is 2.08. The summed E-state index contributed by atoms with van der Waals surface area (Å²) in [4.78, 5) is 12.0. The Kier molecular flexibility index (Phi) is 5.83. The molecule has 0 saturated carbocycles. The van der Waals surface area contributed by atoms with Gasteiger partial charge in [-0.3, -0.25) is 4.79 Å². The Morgan fingerprint density at radius 3 is 2.20 bits per heavy atom. The van der Waals surface area contributed by atoms with Gasteiger partial charge >= 0.3 is 0 Å². The SMILES string of the molecule is O=C(COc1ccccc1-c1ccccc1)NCCc1ccccc1. The van der Waals surface area contributed by atoms with Crippen molar-refractivity contribution in [3.8, 4) is 16.9 Å². The number of hydrogen-bond acceptors (Lipinski definition) is 2. The van der Waals surface area contributed by atoms with Gasteiger partial charge in [0.25, 0.3) is 5.91 Å². The van der Waals surface area contributed by atoms with Crippen molar-refractivity contribution in [2.24, 2.45) is 0 Å². The van der Waals surface area contributed by atoms with Crippen molar-refractivity contribution in [1.29, 1.82) is 0 Å². The second-order valence-corrected chi connectivity index (χ2v) is 5.74. The average Bonchev–Trinajstić information content (AvgIpc) is 2.68. The minimum atomic E-state index is -0.112. The Morgan fingerprint density at radius 1 is 0.800 bits per heavy atom. The molecule has 126 valence electrons. The number of hydrogen-bond donors (Lipinski definition) is 1. The van der Waals surface area contributed by atoms with Crippen LogP contribution in [0.3, 0.4) is 0 Å². The molecular weight excluding hydrogens is 310 g/mol. The molecule has 0 bridgehead atoms. The van der Waals surface area contributed by atoms with E-state index >= 15 is 0 Å². The quantitative estimate of drug-likeness (QED) is 0.708. The molecule has 0 saturated heterocycles. The number of nitrogens with one attached hydrogen (secondary N) is 1. The van der Waals surface area contributed by atoms with Crippen molar-refractivity contribution < 1.29 is 9.53 Å². The molecule has 3 aromatic rings. The van der Waals surface area contributed by atoms with Crippen LogP contribution in [0.5, 0.6) is 5.75 Å². The fourth-order valence-corrected chi connectivity index (χ4v) is 2.63. The summed E-state index contributed by atoms with van der Waals surface area (Å²) in [6, 6.07) is 27.9. The molecule has 3 rings (SSSR count). The zero-order chi connectivity index (χ0) is 17.3. The lowest BCUT2D eigenvalue weighted by molar-refractivity contribution is -0.123. The van der Waals surface area contributed by atoms with Gasteiger partial charge in [0.1, 0.15) is 5.75 Å². The zero-order valence-electron chi connectivity index (χ0n) is 14.0. The molecule has 0 atom stereocenters. The maximum atomic E-state index is 12.0. The fraction of sp³-hybridized carbons (Fsp3) is 0.136.